The van der Waals surface area contributed by atoms with Crippen LogP contribution >= 0.6 is 11.6 Å². The number of nitrogens with zero attached hydrogens (tertiary/aromatic N) is 1. The van der Waals surface area contributed by atoms with Crippen molar-refractivity contribution < 1.29 is 19.1 Å². The molecule has 0 saturated carbocycles. The smallest absolute Gasteiger partial charge is 0.410 e. The SMILES string of the molecule is CCCN(CCC(=O)OC(C)(C)C)C(=O)OCCl. The summed E-state index contributed by atoms with van der Waals surface area (Å²) < 4.78 is 9.85. The van der Waals surface area contributed by atoms with E-state index in [1.165, 1.54) is 4.90 Å². The van der Waals surface area contributed by atoms with E-state index in [1.54, 1.807) is 20.8 Å². The third-order valence-electron chi connectivity index (χ3n) is 1.94. The Morgan fingerprint density at radius 2 is 1.83 bits per heavy atom. The number of ether oxygens (including phenoxy) is 2. The van der Waals surface area contributed by atoms with E-state index in [0.29, 0.717) is 6.54 Å². The fraction of sp³-hybridized carbons (Fsp3) is 0.833. The summed E-state index contributed by atoms with van der Waals surface area (Å²) in [6, 6.07) is -0.189. The number of halogens is 1. The van der Waals surface area contributed by atoms with Crippen LogP contribution in [0.5, 0.6) is 0 Å². The summed E-state index contributed by atoms with van der Waals surface area (Å²) in [6.07, 6.45) is 0.427. The van der Waals surface area contributed by atoms with Crippen LogP contribution in [-0.2, 0) is 14.3 Å². The standard InChI is InChI=1S/C12H22ClNO4/c1-5-7-14(11(16)17-9-13)8-6-10(15)18-12(2,3)4/h5-9H2,1-4H3. The molecule has 0 spiro atoms. The lowest BCUT2D eigenvalue weighted by Gasteiger charge is -2.23. The number of hydrogen-bond acceptors (Lipinski definition) is 4. The fourth-order valence-corrected chi connectivity index (χ4v) is 1.41. The first kappa shape index (κ1) is 17.0. The van der Waals surface area contributed by atoms with Crippen LogP contribution in [0.1, 0.15) is 40.5 Å². The second-order valence-corrected chi connectivity index (χ2v) is 5.06. The number of hydrogen-bond donors (Lipinski definition) is 0. The Balaban J connectivity index is 4.18. The van der Waals surface area contributed by atoms with Gasteiger partial charge in [0.25, 0.3) is 0 Å². The Kier molecular flexibility index (Phi) is 7.75. The molecule has 0 aliphatic rings. The van der Waals surface area contributed by atoms with Crippen molar-refractivity contribution in [2.24, 2.45) is 0 Å². The lowest BCUT2D eigenvalue weighted by Crippen LogP contribution is -2.35. The van der Waals surface area contributed by atoms with Crippen LogP contribution in [-0.4, -0.2) is 41.7 Å². The monoisotopic (exact) mass is 279 g/mol. The largest absolute Gasteiger partial charge is 0.460 e. The highest BCUT2D eigenvalue weighted by atomic mass is 35.5. The van der Waals surface area contributed by atoms with Crippen molar-refractivity contribution in [3.8, 4) is 0 Å². The Labute approximate surface area is 113 Å². The summed E-state index contributed by atoms with van der Waals surface area (Å²) in [5.74, 6) is -0.331. The van der Waals surface area contributed by atoms with Crippen molar-refractivity contribution in [2.45, 2.75) is 46.1 Å². The maximum absolute atomic E-state index is 11.5. The van der Waals surface area contributed by atoms with Gasteiger partial charge in [0.15, 0.2) is 6.07 Å². The van der Waals surface area contributed by atoms with Crippen LogP contribution in [0.25, 0.3) is 0 Å². The molecule has 0 N–H and O–H groups in total. The normalized spacial score (nSPS) is 10.9. The minimum Gasteiger partial charge on any atom is -0.460 e. The van der Waals surface area contributed by atoms with Gasteiger partial charge in [-0.1, -0.05) is 18.5 Å². The van der Waals surface area contributed by atoms with Gasteiger partial charge in [-0.3, -0.25) is 4.79 Å². The summed E-state index contributed by atoms with van der Waals surface area (Å²) in [4.78, 5) is 24.5. The molecule has 0 atom stereocenters. The molecule has 6 heteroatoms. The molecule has 5 nitrogen and oxygen atoms in total. The topological polar surface area (TPSA) is 55.8 Å². The van der Waals surface area contributed by atoms with Crippen LogP contribution < -0.4 is 0 Å². The van der Waals surface area contributed by atoms with Gasteiger partial charge in [-0.05, 0) is 27.2 Å². The van der Waals surface area contributed by atoms with Gasteiger partial charge in [-0.2, -0.15) is 0 Å². The van der Waals surface area contributed by atoms with Crippen molar-refractivity contribution in [1.29, 1.82) is 0 Å². The molecule has 106 valence electrons. The number of alkyl halides is 1. The van der Waals surface area contributed by atoms with Crippen LogP contribution in [0, 0.1) is 0 Å². The van der Waals surface area contributed by atoms with E-state index in [-0.39, 0.29) is 25.0 Å². The number of carbonyl (C=O) groups is 2. The lowest BCUT2D eigenvalue weighted by molar-refractivity contribution is -0.155. The first-order valence-electron chi connectivity index (χ1n) is 5.99. The van der Waals surface area contributed by atoms with Crippen LogP contribution in [0.2, 0.25) is 0 Å². The zero-order chi connectivity index (χ0) is 14.2. The number of carbonyl (C=O) groups excluding carboxylic acids is 2. The highest BCUT2D eigenvalue weighted by Crippen LogP contribution is 2.09. The van der Waals surface area contributed by atoms with Crippen molar-refractivity contribution in [3.05, 3.63) is 0 Å². The van der Waals surface area contributed by atoms with E-state index < -0.39 is 11.7 Å². The first-order valence-corrected chi connectivity index (χ1v) is 6.53. The molecule has 0 unspecified atom stereocenters. The molecule has 0 radical (unpaired) electrons. The van der Waals surface area contributed by atoms with Gasteiger partial charge in [-0.25, -0.2) is 4.79 Å². The summed E-state index contributed by atoms with van der Waals surface area (Å²) >= 11 is 5.33. The molecule has 0 bridgehead atoms. The van der Waals surface area contributed by atoms with E-state index in [1.807, 2.05) is 6.92 Å². The van der Waals surface area contributed by atoms with Crippen molar-refractivity contribution >= 4 is 23.7 Å². The second-order valence-electron chi connectivity index (χ2n) is 4.84. The molecule has 0 saturated heterocycles. The Hall–Kier alpha value is -0.970. The van der Waals surface area contributed by atoms with E-state index in [2.05, 4.69) is 0 Å². The molecule has 1 amide bonds. The van der Waals surface area contributed by atoms with Crippen molar-refractivity contribution in [2.75, 3.05) is 19.2 Å². The maximum atomic E-state index is 11.5. The third kappa shape index (κ3) is 8.17. The lowest BCUT2D eigenvalue weighted by atomic mass is 10.2. The van der Waals surface area contributed by atoms with Gasteiger partial charge in [0.1, 0.15) is 5.60 Å². The zero-order valence-corrected chi connectivity index (χ0v) is 12.2. The molecule has 0 rings (SSSR count). The van der Waals surface area contributed by atoms with Gasteiger partial charge in [0, 0.05) is 13.1 Å². The van der Waals surface area contributed by atoms with Gasteiger partial charge < -0.3 is 14.4 Å². The molecule has 0 aliphatic carbocycles. The van der Waals surface area contributed by atoms with E-state index in [4.69, 9.17) is 21.1 Å². The number of amides is 1. The van der Waals surface area contributed by atoms with Crippen molar-refractivity contribution in [1.82, 2.24) is 4.90 Å². The van der Waals surface area contributed by atoms with Crippen molar-refractivity contribution in [3.63, 3.8) is 0 Å². The van der Waals surface area contributed by atoms with E-state index in [9.17, 15) is 9.59 Å². The maximum Gasteiger partial charge on any atom is 0.410 e. The molecule has 0 aromatic heterocycles. The summed E-state index contributed by atoms with van der Waals surface area (Å²) in [7, 11) is 0. The number of rotatable bonds is 6. The molecule has 0 heterocycles. The second kappa shape index (κ2) is 8.19. The van der Waals surface area contributed by atoms with Gasteiger partial charge in [-0.15, -0.1) is 0 Å². The number of esters is 1. The molecule has 0 aromatic carbocycles. The predicted octanol–water partition coefficient (Wildman–Crippen LogP) is 2.76. The minimum atomic E-state index is -0.511. The molecule has 18 heavy (non-hydrogen) atoms. The quantitative estimate of drug-likeness (QED) is 0.554. The molecule has 0 aromatic rings. The molecule has 0 fully saturated rings. The highest BCUT2D eigenvalue weighted by molar-refractivity contribution is 6.17. The average molecular weight is 280 g/mol. The van der Waals surface area contributed by atoms with Crippen LogP contribution in [0.3, 0.4) is 0 Å². The van der Waals surface area contributed by atoms with Gasteiger partial charge >= 0.3 is 12.1 Å². The predicted molar refractivity (Wildman–Crippen MR) is 69.5 cm³/mol. The summed E-state index contributed by atoms with van der Waals surface area (Å²) in [5, 5.41) is 0. The van der Waals surface area contributed by atoms with E-state index >= 15 is 0 Å². The summed E-state index contributed by atoms with van der Waals surface area (Å²) in [6.45, 7) is 8.15. The molecular formula is C12H22ClNO4. The third-order valence-corrected chi connectivity index (χ3v) is 2.04. The minimum absolute atomic E-state index is 0.147. The average Bonchev–Trinajstić information content (AvgIpc) is 2.21. The Morgan fingerprint density at radius 3 is 2.28 bits per heavy atom. The zero-order valence-electron chi connectivity index (χ0n) is 11.5. The van der Waals surface area contributed by atoms with Crippen LogP contribution in [0.15, 0.2) is 0 Å². The Bertz CT molecular complexity index is 276. The highest BCUT2D eigenvalue weighted by Gasteiger charge is 2.19. The Morgan fingerprint density at radius 1 is 1.22 bits per heavy atom. The molecule has 0 aliphatic heterocycles. The van der Waals surface area contributed by atoms with Gasteiger partial charge in [0.2, 0.25) is 0 Å². The first-order chi connectivity index (χ1) is 8.30. The van der Waals surface area contributed by atoms with Gasteiger partial charge in [0.05, 0.1) is 6.42 Å². The van der Waals surface area contributed by atoms with E-state index in [0.717, 1.165) is 6.42 Å². The molecular weight excluding hydrogens is 258 g/mol. The van der Waals surface area contributed by atoms with Crippen LogP contribution in [0.4, 0.5) is 4.79 Å². The summed E-state index contributed by atoms with van der Waals surface area (Å²) in [5.41, 5.74) is -0.511. The fourth-order valence-electron chi connectivity index (χ4n) is 1.32.